The van der Waals surface area contributed by atoms with Gasteiger partial charge in [-0.15, -0.1) is 0 Å². The fourth-order valence-corrected chi connectivity index (χ4v) is 1.55. The average molecular weight is 183 g/mol. The first-order chi connectivity index (χ1) is 6.90. The third-order valence-corrected chi connectivity index (χ3v) is 2.19. The quantitative estimate of drug-likeness (QED) is 0.567. The average Bonchev–Trinajstić information content (AvgIpc) is 2.82. The van der Waals surface area contributed by atoms with E-state index in [9.17, 15) is 0 Å². The van der Waals surface area contributed by atoms with Crippen LogP contribution in [-0.2, 0) is 0 Å². The SMILES string of the molecule is N#Cc1c[nH]c2ncc3cncn3c12. The minimum absolute atomic E-state index is 0.580. The maximum absolute atomic E-state index is 8.89. The van der Waals surface area contributed by atoms with Gasteiger partial charge in [0.1, 0.15) is 11.6 Å². The van der Waals surface area contributed by atoms with Crippen LogP contribution in [0.15, 0.2) is 24.9 Å². The second-order valence-corrected chi connectivity index (χ2v) is 2.96. The summed E-state index contributed by atoms with van der Waals surface area (Å²) in [5, 5.41) is 8.89. The van der Waals surface area contributed by atoms with Crippen molar-refractivity contribution in [3.8, 4) is 6.07 Å². The number of hydrogen-bond acceptors (Lipinski definition) is 3. The van der Waals surface area contributed by atoms with E-state index < -0.39 is 0 Å². The summed E-state index contributed by atoms with van der Waals surface area (Å²) in [6.07, 6.45) is 6.75. The Kier molecular flexibility index (Phi) is 1.18. The standard InChI is InChI=1S/C9H5N5/c10-1-6-2-12-9-8(6)14-5-11-3-7(14)4-13-9/h2-5,12H. The third kappa shape index (κ3) is 0.721. The number of aromatic nitrogens is 4. The van der Waals surface area contributed by atoms with Gasteiger partial charge in [-0.2, -0.15) is 5.26 Å². The maximum atomic E-state index is 8.89. The number of hydrogen-bond donors (Lipinski definition) is 1. The van der Waals surface area contributed by atoms with Crippen molar-refractivity contribution < 1.29 is 0 Å². The van der Waals surface area contributed by atoms with Gasteiger partial charge in [0.25, 0.3) is 0 Å². The van der Waals surface area contributed by atoms with Gasteiger partial charge in [-0.05, 0) is 0 Å². The first-order valence-corrected chi connectivity index (χ1v) is 4.08. The van der Waals surface area contributed by atoms with Gasteiger partial charge in [0.2, 0.25) is 0 Å². The Morgan fingerprint density at radius 1 is 1.43 bits per heavy atom. The number of H-pyrrole nitrogens is 1. The lowest BCUT2D eigenvalue weighted by molar-refractivity contribution is 1.18. The molecule has 0 fully saturated rings. The molecule has 5 nitrogen and oxygen atoms in total. The Hall–Kier alpha value is -2.35. The molecule has 0 radical (unpaired) electrons. The summed E-state index contributed by atoms with van der Waals surface area (Å²) in [6.45, 7) is 0. The van der Waals surface area contributed by atoms with Gasteiger partial charge in [-0.3, -0.25) is 4.40 Å². The van der Waals surface area contributed by atoms with E-state index in [1.54, 1.807) is 24.9 Å². The molecule has 0 aliphatic heterocycles. The van der Waals surface area contributed by atoms with Crippen molar-refractivity contribution >= 4 is 16.7 Å². The summed E-state index contributed by atoms with van der Waals surface area (Å²) in [5.74, 6) is 0. The van der Waals surface area contributed by atoms with Crippen molar-refractivity contribution in [2.75, 3.05) is 0 Å². The van der Waals surface area contributed by atoms with E-state index in [1.165, 1.54) is 0 Å². The second-order valence-electron chi connectivity index (χ2n) is 2.96. The van der Waals surface area contributed by atoms with Crippen LogP contribution in [0.2, 0.25) is 0 Å². The highest BCUT2D eigenvalue weighted by Crippen LogP contribution is 2.16. The molecule has 0 aliphatic rings. The number of nitrogens with zero attached hydrogens (tertiary/aromatic N) is 4. The maximum Gasteiger partial charge on any atom is 0.155 e. The van der Waals surface area contributed by atoms with Crippen LogP contribution in [0.25, 0.3) is 16.7 Å². The summed E-state index contributed by atoms with van der Waals surface area (Å²) in [5.41, 5.74) is 2.94. The lowest BCUT2D eigenvalue weighted by Gasteiger charge is -1.95. The number of imidazole rings is 1. The van der Waals surface area contributed by atoms with E-state index in [1.807, 2.05) is 4.40 Å². The van der Waals surface area contributed by atoms with Crippen LogP contribution in [0.4, 0.5) is 0 Å². The van der Waals surface area contributed by atoms with Crippen LogP contribution >= 0.6 is 0 Å². The fraction of sp³-hybridized carbons (Fsp3) is 0. The van der Waals surface area contributed by atoms with Crippen LogP contribution < -0.4 is 0 Å². The minimum Gasteiger partial charge on any atom is -0.343 e. The Balaban J connectivity index is 2.66. The summed E-state index contributed by atoms with van der Waals surface area (Å²) < 4.78 is 1.84. The van der Waals surface area contributed by atoms with Gasteiger partial charge in [0.05, 0.1) is 29.8 Å². The van der Waals surface area contributed by atoms with Crippen molar-refractivity contribution in [2.24, 2.45) is 0 Å². The highest BCUT2D eigenvalue weighted by atomic mass is 15.0. The van der Waals surface area contributed by atoms with E-state index in [2.05, 4.69) is 21.0 Å². The first kappa shape index (κ1) is 7.09. The van der Waals surface area contributed by atoms with Crippen molar-refractivity contribution in [2.45, 2.75) is 0 Å². The lowest BCUT2D eigenvalue weighted by Crippen LogP contribution is -1.87. The lowest BCUT2D eigenvalue weighted by atomic mass is 10.3. The molecular formula is C9H5N5. The molecule has 0 aliphatic carbocycles. The van der Waals surface area contributed by atoms with E-state index in [-0.39, 0.29) is 0 Å². The Morgan fingerprint density at radius 3 is 3.21 bits per heavy atom. The number of fused-ring (bicyclic) bond motifs is 3. The number of nitriles is 1. The topological polar surface area (TPSA) is 69.8 Å². The molecule has 0 amide bonds. The number of rotatable bonds is 0. The third-order valence-electron chi connectivity index (χ3n) is 2.19. The van der Waals surface area contributed by atoms with Gasteiger partial charge in [0, 0.05) is 6.20 Å². The van der Waals surface area contributed by atoms with Gasteiger partial charge >= 0.3 is 0 Å². The van der Waals surface area contributed by atoms with Crippen LogP contribution in [0.3, 0.4) is 0 Å². The van der Waals surface area contributed by atoms with Crippen molar-refractivity contribution in [3.05, 3.63) is 30.5 Å². The molecule has 0 unspecified atom stereocenters. The Bertz CT molecular complexity index is 654. The van der Waals surface area contributed by atoms with Crippen molar-refractivity contribution in [1.82, 2.24) is 19.4 Å². The molecule has 66 valence electrons. The predicted molar refractivity (Wildman–Crippen MR) is 49.6 cm³/mol. The molecule has 1 N–H and O–H groups in total. The summed E-state index contributed by atoms with van der Waals surface area (Å²) >= 11 is 0. The van der Waals surface area contributed by atoms with Crippen LogP contribution in [0.1, 0.15) is 5.56 Å². The first-order valence-electron chi connectivity index (χ1n) is 4.08. The minimum atomic E-state index is 0.580. The molecule has 0 spiro atoms. The molecule has 3 aromatic rings. The van der Waals surface area contributed by atoms with Gasteiger partial charge in [0.15, 0.2) is 5.65 Å². The number of aromatic amines is 1. The van der Waals surface area contributed by atoms with Crippen LogP contribution in [0.5, 0.6) is 0 Å². The van der Waals surface area contributed by atoms with E-state index >= 15 is 0 Å². The zero-order chi connectivity index (χ0) is 9.54. The van der Waals surface area contributed by atoms with Crippen LogP contribution in [0, 0.1) is 11.3 Å². The molecule has 3 rings (SSSR count). The largest absolute Gasteiger partial charge is 0.343 e. The molecule has 0 saturated heterocycles. The molecule has 0 saturated carbocycles. The second kappa shape index (κ2) is 2.33. The zero-order valence-corrected chi connectivity index (χ0v) is 7.10. The summed E-state index contributed by atoms with van der Waals surface area (Å²) in [4.78, 5) is 11.1. The molecule has 3 heterocycles. The Morgan fingerprint density at radius 2 is 2.36 bits per heavy atom. The van der Waals surface area contributed by atoms with Gasteiger partial charge in [-0.25, -0.2) is 9.97 Å². The van der Waals surface area contributed by atoms with Crippen molar-refractivity contribution in [3.63, 3.8) is 0 Å². The molecule has 14 heavy (non-hydrogen) atoms. The van der Waals surface area contributed by atoms with Gasteiger partial charge in [-0.1, -0.05) is 0 Å². The van der Waals surface area contributed by atoms with Crippen molar-refractivity contribution in [1.29, 1.82) is 5.26 Å². The highest BCUT2D eigenvalue weighted by molar-refractivity contribution is 5.81. The highest BCUT2D eigenvalue weighted by Gasteiger charge is 2.07. The molecule has 0 bridgehead atoms. The normalized spacial score (nSPS) is 10.8. The van der Waals surface area contributed by atoms with E-state index in [0.29, 0.717) is 11.2 Å². The Labute approximate surface area is 78.6 Å². The summed E-state index contributed by atoms with van der Waals surface area (Å²) in [7, 11) is 0. The predicted octanol–water partition coefficient (Wildman–Crippen LogP) is 1.08. The molecule has 0 aromatic carbocycles. The molecule has 3 aromatic heterocycles. The summed E-state index contributed by atoms with van der Waals surface area (Å²) in [6, 6.07) is 2.11. The molecule has 0 atom stereocenters. The van der Waals surface area contributed by atoms with Crippen LogP contribution in [-0.4, -0.2) is 19.4 Å². The van der Waals surface area contributed by atoms with E-state index in [0.717, 1.165) is 11.0 Å². The monoisotopic (exact) mass is 183 g/mol. The zero-order valence-electron chi connectivity index (χ0n) is 7.10. The molecule has 5 heteroatoms. The van der Waals surface area contributed by atoms with Gasteiger partial charge < -0.3 is 4.98 Å². The fourth-order valence-electron chi connectivity index (χ4n) is 1.55. The number of nitrogens with one attached hydrogen (secondary N) is 1. The van der Waals surface area contributed by atoms with E-state index in [4.69, 9.17) is 5.26 Å². The molecular weight excluding hydrogens is 178 g/mol. The smallest absolute Gasteiger partial charge is 0.155 e.